The molecule has 1 amide bonds. The molecule has 1 atom stereocenters. The number of rotatable bonds is 8. The lowest BCUT2D eigenvalue weighted by atomic mass is 9.97. The van der Waals surface area contributed by atoms with Gasteiger partial charge in [-0.25, -0.2) is 4.39 Å². The zero-order chi connectivity index (χ0) is 19.1. The predicted molar refractivity (Wildman–Crippen MR) is 107 cm³/mol. The zero-order valence-electron chi connectivity index (χ0n) is 15.7. The number of piperidine rings is 1. The second-order valence-electron chi connectivity index (χ2n) is 7.08. The summed E-state index contributed by atoms with van der Waals surface area (Å²) in [5.41, 5.74) is 0. The maximum absolute atomic E-state index is 13.5. The minimum atomic E-state index is -0.407. The highest BCUT2D eigenvalue weighted by atomic mass is 32.1. The van der Waals surface area contributed by atoms with Crippen LogP contribution in [0.2, 0.25) is 0 Å². The first-order valence-electron chi connectivity index (χ1n) is 9.55. The maximum Gasteiger partial charge on any atom is 0.223 e. The molecule has 1 N–H and O–H groups in total. The Balaban J connectivity index is 1.48. The molecule has 0 spiro atoms. The van der Waals surface area contributed by atoms with E-state index in [0.29, 0.717) is 6.54 Å². The minimum Gasteiger partial charge on any atom is -0.490 e. The average Bonchev–Trinajstić information content (AvgIpc) is 3.19. The van der Waals surface area contributed by atoms with E-state index < -0.39 is 5.82 Å². The van der Waals surface area contributed by atoms with E-state index in [0.717, 1.165) is 19.0 Å². The fourth-order valence-corrected chi connectivity index (χ4v) is 4.21. The molecule has 0 saturated carbocycles. The number of nitrogens with zero attached hydrogens (tertiary/aromatic N) is 1. The molecule has 27 heavy (non-hydrogen) atoms. The highest BCUT2D eigenvalue weighted by molar-refractivity contribution is 7.10. The highest BCUT2D eigenvalue weighted by Crippen LogP contribution is 2.29. The number of nitrogens with one attached hydrogen (secondary N) is 1. The van der Waals surface area contributed by atoms with Gasteiger partial charge in [0.1, 0.15) is 0 Å². The number of carbonyl (C=O) groups excluding carboxylic acids is 1. The fourth-order valence-electron chi connectivity index (χ4n) is 3.35. The minimum absolute atomic E-state index is 0.0710. The largest absolute Gasteiger partial charge is 0.490 e. The molecule has 6 heteroatoms. The van der Waals surface area contributed by atoms with Crippen LogP contribution in [0, 0.1) is 11.7 Å². The van der Waals surface area contributed by atoms with Crippen LogP contribution in [0.25, 0.3) is 0 Å². The highest BCUT2D eigenvalue weighted by Gasteiger charge is 2.25. The number of amides is 1. The second-order valence-corrected chi connectivity index (χ2v) is 8.06. The molecule has 1 aromatic carbocycles. The SMILES string of the molecule is CC1CCN(C(CNC(=O)CCOc2ccccc2F)c2cccs2)CC1. The summed E-state index contributed by atoms with van der Waals surface area (Å²) in [6.07, 6.45) is 2.61. The van der Waals surface area contributed by atoms with Crippen molar-refractivity contribution in [2.45, 2.75) is 32.2 Å². The third kappa shape index (κ3) is 5.78. The first kappa shape index (κ1) is 19.8. The molecule has 1 saturated heterocycles. The summed E-state index contributed by atoms with van der Waals surface area (Å²) < 4.78 is 18.9. The van der Waals surface area contributed by atoms with E-state index in [1.807, 2.05) is 0 Å². The Morgan fingerprint density at radius 1 is 1.30 bits per heavy atom. The van der Waals surface area contributed by atoms with Crippen LogP contribution in [0.5, 0.6) is 5.75 Å². The standard InChI is InChI=1S/C21H27FN2O2S/c1-16-8-11-24(12-9-16)18(20-7-4-14-27-20)15-23-21(25)10-13-26-19-6-3-2-5-17(19)22/h2-7,14,16,18H,8-13,15H2,1H3,(H,23,25). The number of benzene rings is 1. The zero-order valence-corrected chi connectivity index (χ0v) is 16.5. The number of halogens is 1. The Kier molecular flexibility index (Phi) is 7.24. The van der Waals surface area contributed by atoms with Crippen molar-refractivity contribution in [1.82, 2.24) is 10.2 Å². The number of carbonyl (C=O) groups is 1. The summed E-state index contributed by atoms with van der Waals surface area (Å²) in [4.78, 5) is 16.0. The molecule has 1 aliphatic heterocycles. The van der Waals surface area contributed by atoms with Crippen LogP contribution in [-0.4, -0.2) is 37.0 Å². The van der Waals surface area contributed by atoms with E-state index in [9.17, 15) is 9.18 Å². The van der Waals surface area contributed by atoms with Crippen LogP contribution in [0.1, 0.15) is 37.1 Å². The van der Waals surface area contributed by atoms with Crippen LogP contribution in [-0.2, 0) is 4.79 Å². The Hall–Kier alpha value is -1.92. The van der Waals surface area contributed by atoms with Crippen LogP contribution in [0.15, 0.2) is 41.8 Å². The molecular weight excluding hydrogens is 363 g/mol. The molecule has 1 fully saturated rings. The molecule has 4 nitrogen and oxygen atoms in total. The molecule has 1 aliphatic rings. The van der Waals surface area contributed by atoms with E-state index in [-0.39, 0.29) is 30.7 Å². The first-order chi connectivity index (χ1) is 13.1. The third-order valence-corrected chi connectivity index (χ3v) is 6.02. The van der Waals surface area contributed by atoms with Gasteiger partial charge in [-0.05, 0) is 55.4 Å². The number of likely N-dealkylation sites (tertiary alicyclic amines) is 1. The van der Waals surface area contributed by atoms with Gasteiger partial charge in [0.25, 0.3) is 0 Å². The Morgan fingerprint density at radius 2 is 2.07 bits per heavy atom. The van der Waals surface area contributed by atoms with E-state index in [2.05, 4.69) is 34.7 Å². The number of hydrogen-bond acceptors (Lipinski definition) is 4. The molecular formula is C21H27FN2O2S. The molecule has 1 unspecified atom stereocenters. The quantitative estimate of drug-likeness (QED) is 0.733. The van der Waals surface area contributed by atoms with Crippen molar-refractivity contribution in [2.24, 2.45) is 5.92 Å². The smallest absolute Gasteiger partial charge is 0.223 e. The molecule has 0 bridgehead atoms. The van der Waals surface area contributed by atoms with Gasteiger partial charge < -0.3 is 10.1 Å². The van der Waals surface area contributed by atoms with E-state index in [1.165, 1.54) is 23.8 Å². The Bertz CT molecular complexity index is 715. The topological polar surface area (TPSA) is 41.6 Å². The second kappa shape index (κ2) is 9.85. The van der Waals surface area contributed by atoms with E-state index >= 15 is 0 Å². The van der Waals surface area contributed by atoms with Crippen molar-refractivity contribution in [3.05, 3.63) is 52.5 Å². The summed E-state index contributed by atoms with van der Waals surface area (Å²) in [6, 6.07) is 10.7. The van der Waals surface area contributed by atoms with Gasteiger partial charge in [0.15, 0.2) is 11.6 Å². The molecule has 0 aliphatic carbocycles. The molecule has 1 aromatic heterocycles. The van der Waals surface area contributed by atoms with E-state index in [1.54, 1.807) is 29.5 Å². The molecule has 0 radical (unpaired) electrons. The normalized spacial score (nSPS) is 16.8. The first-order valence-corrected chi connectivity index (χ1v) is 10.4. The van der Waals surface area contributed by atoms with Crippen LogP contribution in [0.4, 0.5) is 4.39 Å². The van der Waals surface area contributed by atoms with Crippen molar-refractivity contribution < 1.29 is 13.9 Å². The van der Waals surface area contributed by atoms with Crippen LogP contribution < -0.4 is 10.1 Å². The monoisotopic (exact) mass is 390 g/mol. The van der Waals surface area contributed by atoms with Gasteiger partial charge in [0, 0.05) is 11.4 Å². The average molecular weight is 391 g/mol. The Labute approximate surface area is 164 Å². The lowest BCUT2D eigenvalue weighted by Crippen LogP contribution is -2.41. The van der Waals surface area contributed by atoms with Crippen molar-refractivity contribution >= 4 is 17.2 Å². The summed E-state index contributed by atoms with van der Waals surface area (Å²) in [5, 5.41) is 5.12. The summed E-state index contributed by atoms with van der Waals surface area (Å²) >= 11 is 1.73. The summed E-state index contributed by atoms with van der Waals surface area (Å²) in [7, 11) is 0. The van der Waals surface area contributed by atoms with Crippen LogP contribution in [0.3, 0.4) is 0 Å². The summed E-state index contributed by atoms with van der Waals surface area (Å²) in [6.45, 7) is 5.19. The number of thiophene rings is 1. The number of ether oxygens (including phenoxy) is 1. The van der Waals surface area contributed by atoms with Crippen molar-refractivity contribution in [3.8, 4) is 5.75 Å². The van der Waals surface area contributed by atoms with Crippen molar-refractivity contribution in [1.29, 1.82) is 0 Å². The van der Waals surface area contributed by atoms with Gasteiger partial charge in [-0.1, -0.05) is 25.1 Å². The van der Waals surface area contributed by atoms with Crippen molar-refractivity contribution in [2.75, 3.05) is 26.2 Å². The fraction of sp³-hybridized carbons (Fsp3) is 0.476. The maximum atomic E-state index is 13.5. The van der Waals surface area contributed by atoms with Gasteiger partial charge in [0.2, 0.25) is 5.91 Å². The third-order valence-electron chi connectivity index (χ3n) is 5.05. The Morgan fingerprint density at radius 3 is 2.78 bits per heavy atom. The lowest BCUT2D eigenvalue weighted by Gasteiger charge is -2.36. The lowest BCUT2D eigenvalue weighted by molar-refractivity contribution is -0.121. The van der Waals surface area contributed by atoms with Gasteiger partial charge in [0.05, 0.1) is 19.1 Å². The van der Waals surface area contributed by atoms with Gasteiger partial charge in [-0.3, -0.25) is 9.69 Å². The molecule has 2 heterocycles. The number of hydrogen-bond donors (Lipinski definition) is 1. The van der Waals surface area contributed by atoms with Crippen molar-refractivity contribution in [3.63, 3.8) is 0 Å². The molecule has 3 rings (SSSR count). The van der Waals surface area contributed by atoms with E-state index in [4.69, 9.17) is 4.74 Å². The predicted octanol–water partition coefficient (Wildman–Crippen LogP) is 4.25. The summed E-state index contributed by atoms with van der Waals surface area (Å²) in [5.74, 6) is 0.479. The number of para-hydroxylation sites is 1. The van der Waals surface area contributed by atoms with Crippen LogP contribution >= 0.6 is 11.3 Å². The van der Waals surface area contributed by atoms with Gasteiger partial charge in [-0.15, -0.1) is 11.3 Å². The molecule has 2 aromatic rings. The van der Waals surface area contributed by atoms with Gasteiger partial charge in [-0.2, -0.15) is 0 Å². The van der Waals surface area contributed by atoms with Gasteiger partial charge >= 0.3 is 0 Å². The molecule has 146 valence electrons.